The first kappa shape index (κ1) is 18.3. The zero-order valence-electron chi connectivity index (χ0n) is 15.0. The van der Waals surface area contributed by atoms with E-state index in [1.165, 1.54) is 0 Å². The summed E-state index contributed by atoms with van der Waals surface area (Å²) >= 11 is 3.49. The molecule has 1 aromatic heterocycles. The number of carbonyl (C=O) groups is 1. The average molecular weight is 417 g/mol. The number of rotatable bonds is 6. The molecule has 0 fully saturated rings. The SMILES string of the molecule is COc1ccc(CNC(=O)Cc2c(C)[nH]c3ccc(Br)cc23)cc1OC. The van der Waals surface area contributed by atoms with Crippen LogP contribution in [-0.2, 0) is 17.8 Å². The van der Waals surface area contributed by atoms with E-state index in [2.05, 4.69) is 26.2 Å². The molecular weight excluding hydrogens is 396 g/mol. The number of aromatic amines is 1. The van der Waals surface area contributed by atoms with Crippen molar-refractivity contribution in [3.63, 3.8) is 0 Å². The van der Waals surface area contributed by atoms with Gasteiger partial charge in [0.2, 0.25) is 5.91 Å². The zero-order valence-corrected chi connectivity index (χ0v) is 16.6. The Morgan fingerprint density at radius 1 is 1.12 bits per heavy atom. The van der Waals surface area contributed by atoms with Gasteiger partial charge in [-0.1, -0.05) is 22.0 Å². The highest BCUT2D eigenvalue weighted by atomic mass is 79.9. The molecule has 1 amide bonds. The van der Waals surface area contributed by atoms with Crippen LogP contribution in [0.15, 0.2) is 40.9 Å². The maximum Gasteiger partial charge on any atom is 0.224 e. The molecule has 2 N–H and O–H groups in total. The van der Waals surface area contributed by atoms with Crippen LogP contribution in [0.4, 0.5) is 0 Å². The van der Waals surface area contributed by atoms with E-state index < -0.39 is 0 Å². The Balaban J connectivity index is 1.70. The third kappa shape index (κ3) is 3.85. The van der Waals surface area contributed by atoms with Gasteiger partial charge in [0, 0.05) is 27.6 Å². The van der Waals surface area contributed by atoms with Crippen molar-refractivity contribution in [1.29, 1.82) is 0 Å². The van der Waals surface area contributed by atoms with Gasteiger partial charge >= 0.3 is 0 Å². The number of hydrogen-bond donors (Lipinski definition) is 2. The summed E-state index contributed by atoms with van der Waals surface area (Å²) in [5, 5.41) is 4.04. The Morgan fingerprint density at radius 2 is 1.88 bits per heavy atom. The van der Waals surface area contributed by atoms with Crippen LogP contribution in [0.2, 0.25) is 0 Å². The topological polar surface area (TPSA) is 63.3 Å². The van der Waals surface area contributed by atoms with Gasteiger partial charge < -0.3 is 19.8 Å². The van der Waals surface area contributed by atoms with Gasteiger partial charge in [0.05, 0.1) is 20.6 Å². The second-order valence-corrected chi connectivity index (χ2v) is 6.98. The number of carbonyl (C=O) groups excluding carboxylic acids is 1. The number of nitrogens with one attached hydrogen (secondary N) is 2. The quantitative estimate of drug-likeness (QED) is 0.635. The third-order valence-corrected chi connectivity index (χ3v) is 4.85. The summed E-state index contributed by atoms with van der Waals surface area (Å²) in [6, 6.07) is 11.6. The van der Waals surface area contributed by atoms with Gasteiger partial charge in [0.1, 0.15) is 0 Å². The number of H-pyrrole nitrogens is 1. The molecule has 0 spiro atoms. The van der Waals surface area contributed by atoms with Crippen LogP contribution in [0.1, 0.15) is 16.8 Å². The molecule has 0 aliphatic rings. The summed E-state index contributed by atoms with van der Waals surface area (Å²) in [5.41, 5.74) is 4.02. The summed E-state index contributed by atoms with van der Waals surface area (Å²) in [5.74, 6) is 1.29. The zero-order chi connectivity index (χ0) is 18.7. The van der Waals surface area contributed by atoms with Crippen LogP contribution < -0.4 is 14.8 Å². The number of aryl methyl sites for hydroxylation is 1. The Hall–Kier alpha value is -2.47. The summed E-state index contributed by atoms with van der Waals surface area (Å²) < 4.78 is 11.5. The van der Waals surface area contributed by atoms with Crippen LogP contribution in [0.5, 0.6) is 11.5 Å². The molecule has 0 aliphatic heterocycles. The summed E-state index contributed by atoms with van der Waals surface area (Å²) in [7, 11) is 3.19. The number of fused-ring (bicyclic) bond motifs is 1. The first-order valence-electron chi connectivity index (χ1n) is 8.26. The Bertz CT molecular complexity index is 950. The summed E-state index contributed by atoms with van der Waals surface area (Å²) in [4.78, 5) is 15.8. The third-order valence-electron chi connectivity index (χ3n) is 4.36. The van der Waals surface area contributed by atoms with Crippen molar-refractivity contribution in [3.05, 3.63) is 57.7 Å². The van der Waals surface area contributed by atoms with E-state index >= 15 is 0 Å². The van der Waals surface area contributed by atoms with Crippen molar-refractivity contribution in [2.75, 3.05) is 14.2 Å². The van der Waals surface area contributed by atoms with Crippen LogP contribution in [0.3, 0.4) is 0 Å². The number of benzene rings is 2. The highest BCUT2D eigenvalue weighted by molar-refractivity contribution is 9.10. The van der Waals surface area contributed by atoms with Crippen molar-refractivity contribution in [2.45, 2.75) is 19.9 Å². The van der Waals surface area contributed by atoms with E-state index in [1.807, 2.05) is 43.3 Å². The van der Waals surface area contributed by atoms with E-state index in [0.29, 0.717) is 24.5 Å². The van der Waals surface area contributed by atoms with Crippen LogP contribution in [0, 0.1) is 6.92 Å². The first-order valence-corrected chi connectivity index (χ1v) is 9.05. The van der Waals surface area contributed by atoms with Crippen LogP contribution >= 0.6 is 15.9 Å². The molecule has 136 valence electrons. The standard InChI is InChI=1S/C20H21BrN2O3/c1-12-15(16-9-14(21)5-6-17(16)23-12)10-20(24)22-11-13-4-7-18(25-2)19(8-13)26-3/h4-9,23H,10-11H2,1-3H3,(H,22,24). The van der Waals surface area contributed by atoms with Crippen LogP contribution in [0.25, 0.3) is 10.9 Å². The van der Waals surface area contributed by atoms with Gasteiger partial charge in [-0.15, -0.1) is 0 Å². The van der Waals surface area contributed by atoms with Crippen molar-refractivity contribution >= 4 is 32.7 Å². The van der Waals surface area contributed by atoms with Crippen molar-refractivity contribution in [1.82, 2.24) is 10.3 Å². The maximum absolute atomic E-state index is 12.4. The van der Waals surface area contributed by atoms with Gasteiger partial charge in [-0.3, -0.25) is 4.79 Å². The highest BCUT2D eigenvalue weighted by Gasteiger charge is 2.13. The fraction of sp³-hybridized carbons (Fsp3) is 0.250. The van der Waals surface area contributed by atoms with E-state index in [4.69, 9.17) is 9.47 Å². The fourth-order valence-electron chi connectivity index (χ4n) is 3.00. The molecule has 0 unspecified atom stereocenters. The molecule has 3 rings (SSSR count). The normalized spacial score (nSPS) is 10.8. The smallest absolute Gasteiger partial charge is 0.224 e. The minimum Gasteiger partial charge on any atom is -0.493 e. The van der Waals surface area contributed by atoms with Gasteiger partial charge in [0.15, 0.2) is 11.5 Å². The Labute approximate surface area is 160 Å². The molecule has 26 heavy (non-hydrogen) atoms. The number of ether oxygens (including phenoxy) is 2. The minimum atomic E-state index is -0.0243. The molecule has 3 aromatic rings. The highest BCUT2D eigenvalue weighted by Crippen LogP contribution is 2.28. The molecule has 0 saturated heterocycles. The van der Waals surface area contributed by atoms with E-state index in [0.717, 1.165) is 32.2 Å². The lowest BCUT2D eigenvalue weighted by Crippen LogP contribution is -2.24. The van der Waals surface area contributed by atoms with Gasteiger partial charge in [-0.2, -0.15) is 0 Å². The van der Waals surface area contributed by atoms with Gasteiger partial charge in [0.25, 0.3) is 0 Å². The lowest BCUT2D eigenvalue weighted by atomic mass is 10.1. The van der Waals surface area contributed by atoms with Crippen molar-refractivity contribution < 1.29 is 14.3 Å². The summed E-state index contributed by atoms with van der Waals surface area (Å²) in [6.45, 7) is 2.43. The second kappa shape index (κ2) is 7.83. The van der Waals surface area contributed by atoms with Crippen molar-refractivity contribution in [3.8, 4) is 11.5 Å². The molecule has 1 heterocycles. The second-order valence-electron chi connectivity index (χ2n) is 6.06. The number of hydrogen-bond acceptors (Lipinski definition) is 3. The minimum absolute atomic E-state index is 0.0243. The Kier molecular flexibility index (Phi) is 5.52. The predicted octanol–water partition coefficient (Wildman–Crippen LogP) is 4.11. The Morgan fingerprint density at radius 3 is 2.62 bits per heavy atom. The van der Waals surface area contributed by atoms with Crippen molar-refractivity contribution in [2.24, 2.45) is 0 Å². The van der Waals surface area contributed by atoms with E-state index in [1.54, 1.807) is 14.2 Å². The number of halogens is 1. The number of aromatic nitrogens is 1. The molecule has 0 saturated carbocycles. The van der Waals surface area contributed by atoms with Crippen LogP contribution in [-0.4, -0.2) is 25.1 Å². The molecule has 5 nitrogen and oxygen atoms in total. The number of amides is 1. The van der Waals surface area contributed by atoms with E-state index in [9.17, 15) is 4.79 Å². The van der Waals surface area contributed by atoms with E-state index in [-0.39, 0.29) is 5.91 Å². The lowest BCUT2D eigenvalue weighted by molar-refractivity contribution is -0.120. The molecule has 0 radical (unpaired) electrons. The molecule has 0 atom stereocenters. The molecule has 0 bridgehead atoms. The predicted molar refractivity (Wildman–Crippen MR) is 106 cm³/mol. The molecule has 0 aliphatic carbocycles. The van der Waals surface area contributed by atoms with Gasteiger partial charge in [-0.05, 0) is 48.4 Å². The lowest BCUT2D eigenvalue weighted by Gasteiger charge is -2.10. The first-order chi connectivity index (χ1) is 12.5. The number of methoxy groups -OCH3 is 2. The maximum atomic E-state index is 12.4. The largest absolute Gasteiger partial charge is 0.493 e. The monoisotopic (exact) mass is 416 g/mol. The average Bonchev–Trinajstić information content (AvgIpc) is 2.94. The fourth-order valence-corrected chi connectivity index (χ4v) is 3.36. The van der Waals surface area contributed by atoms with Gasteiger partial charge in [-0.25, -0.2) is 0 Å². The summed E-state index contributed by atoms with van der Waals surface area (Å²) in [6.07, 6.45) is 0.329. The molecular formula is C20H21BrN2O3. The molecule has 6 heteroatoms. The molecule has 2 aromatic carbocycles.